The van der Waals surface area contributed by atoms with Crippen molar-refractivity contribution >= 4 is 5.96 Å². The van der Waals surface area contributed by atoms with Gasteiger partial charge in [0.25, 0.3) is 0 Å². The van der Waals surface area contributed by atoms with E-state index in [1.165, 1.54) is 24.8 Å². The molecule has 0 aliphatic carbocycles. The van der Waals surface area contributed by atoms with E-state index in [4.69, 9.17) is 4.99 Å². The van der Waals surface area contributed by atoms with Crippen LogP contribution in [0.1, 0.15) is 44.6 Å². The Morgan fingerprint density at radius 3 is 2.80 bits per heavy atom. The van der Waals surface area contributed by atoms with Crippen LogP contribution in [0, 0.1) is 0 Å². The molecule has 1 aliphatic heterocycles. The molecule has 0 saturated carbocycles. The molecule has 1 aromatic rings. The molecular weight excluding hydrogens is 246 g/mol. The predicted molar refractivity (Wildman–Crippen MR) is 86.3 cm³/mol. The van der Waals surface area contributed by atoms with Gasteiger partial charge in [0.1, 0.15) is 0 Å². The van der Waals surface area contributed by atoms with Crippen LogP contribution in [-0.4, -0.2) is 37.0 Å². The summed E-state index contributed by atoms with van der Waals surface area (Å²) in [6.07, 6.45) is 3.60. The molecule has 2 rings (SSSR count). The summed E-state index contributed by atoms with van der Waals surface area (Å²) in [4.78, 5) is 7.16. The van der Waals surface area contributed by atoms with Crippen LogP contribution in [0.4, 0.5) is 0 Å². The van der Waals surface area contributed by atoms with E-state index in [0.29, 0.717) is 5.92 Å². The normalized spacial score (nSPS) is 19.4. The third kappa shape index (κ3) is 3.99. The molecule has 0 radical (unpaired) electrons. The maximum absolute atomic E-state index is 4.74. The molecule has 1 fully saturated rings. The van der Waals surface area contributed by atoms with Crippen LogP contribution in [0.5, 0.6) is 0 Å². The SMILES string of the molecule is CCCCN=C(NCC)N1CCC(c2ccccc2)C1. The highest BCUT2D eigenvalue weighted by Crippen LogP contribution is 2.26. The highest BCUT2D eigenvalue weighted by molar-refractivity contribution is 5.80. The Labute approximate surface area is 123 Å². The lowest BCUT2D eigenvalue weighted by Crippen LogP contribution is -2.40. The number of rotatable bonds is 5. The van der Waals surface area contributed by atoms with Crippen molar-refractivity contribution in [2.75, 3.05) is 26.2 Å². The quantitative estimate of drug-likeness (QED) is 0.507. The van der Waals surface area contributed by atoms with E-state index < -0.39 is 0 Å². The smallest absolute Gasteiger partial charge is 0.193 e. The molecule has 1 aromatic carbocycles. The second-order valence-corrected chi connectivity index (χ2v) is 5.43. The number of hydrogen-bond acceptors (Lipinski definition) is 1. The maximum atomic E-state index is 4.74. The molecule has 1 atom stereocenters. The van der Waals surface area contributed by atoms with Crippen LogP contribution in [0.2, 0.25) is 0 Å². The second-order valence-electron chi connectivity index (χ2n) is 5.43. The van der Waals surface area contributed by atoms with E-state index in [0.717, 1.165) is 32.1 Å². The van der Waals surface area contributed by atoms with E-state index in [9.17, 15) is 0 Å². The molecule has 1 unspecified atom stereocenters. The largest absolute Gasteiger partial charge is 0.357 e. The first-order valence-electron chi connectivity index (χ1n) is 7.93. The lowest BCUT2D eigenvalue weighted by Gasteiger charge is -2.21. The van der Waals surface area contributed by atoms with Crippen LogP contribution in [0.15, 0.2) is 35.3 Å². The second kappa shape index (κ2) is 7.93. The number of nitrogens with zero attached hydrogens (tertiary/aromatic N) is 2. The topological polar surface area (TPSA) is 27.6 Å². The van der Waals surface area contributed by atoms with E-state index in [-0.39, 0.29) is 0 Å². The minimum Gasteiger partial charge on any atom is -0.357 e. The van der Waals surface area contributed by atoms with Crippen molar-refractivity contribution < 1.29 is 0 Å². The minimum atomic E-state index is 0.645. The highest BCUT2D eigenvalue weighted by atomic mass is 15.3. The van der Waals surface area contributed by atoms with E-state index in [1.54, 1.807) is 0 Å². The first-order chi connectivity index (χ1) is 9.85. The van der Waals surface area contributed by atoms with Crippen molar-refractivity contribution in [2.45, 2.75) is 39.0 Å². The first kappa shape index (κ1) is 14.9. The zero-order valence-electron chi connectivity index (χ0n) is 12.8. The van der Waals surface area contributed by atoms with Gasteiger partial charge in [0.2, 0.25) is 0 Å². The Morgan fingerprint density at radius 1 is 1.30 bits per heavy atom. The molecule has 0 aromatic heterocycles. The molecule has 1 heterocycles. The average Bonchev–Trinajstić information content (AvgIpc) is 2.97. The molecular formula is C17H27N3. The maximum Gasteiger partial charge on any atom is 0.193 e. The fourth-order valence-electron chi connectivity index (χ4n) is 2.72. The molecule has 1 saturated heterocycles. The summed E-state index contributed by atoms with van der Waals surface area (Å²) in [6, 6.07) is 10.9. The van der Waals surface area contributed by atoms with Gasteiger partial charge in [0.15, 0.2) is 5.96 Å². The van der Waals surface area contributed by atoms with Gasteiger partial charge in [0.05, 0.1) is 0 Å². The molecule has 1 N–H and O–H groups in total. The predicted octanol–water partition coefficient (Wildman–Crippen LogP) is 3.24. The van der Waals surface area contributed by atoms with Gasteiger partial charge in [-0.25, -0.2) is 0 Å². The van der Waals surface area contributed by atoms with Crippen molar-refractivity contribution in [3.63, 3.8) is 0 Å². The van der Waals surface area contributed by atoms with Crippen molar-refractivity contribution in [3.8, 4) is 0 Å². The van der Waals surface area contributed by atoms with Crippen LogP contribution in [0.25, 0.3) is 0 Å². The monoisotopic (exact) mass is 273 g/mol. The molecule has 3 heteroatoms. The van der Waals surface area contributed by atoms with Crippen molar-refractivity contribution in [3.05, 3.63) is 35.9 Å². The number of likely N-dealkylation sites (tertiary alicyclic amines) is 1. The lowest BCUT2D eigenvalue weighted by atomic mass is 9.99. The number of hydrogen-bond donors (Lipinski definition) is 1. The summed E-state index contributed by atoms with van der Waals surface area (Å²) in [5, 5.41) is 3.43. The fraction of sp³-hybridized carbons (Fsp3) is 0.588. The summed E-state index contributed by atoms with van der Waals surface area (Å²) in [7, 11) is 0. The van der Waals surface area contributed by atoms with Crippen LogP contribution < -0.4 is 5.32 Å². The molecule has 0 amide bonds. The van der Waals surface area contributed by atoms with Crippen LogP contribution >= 0.6 is 0 Å². The van der Waals surface area contributed by atoms with Crippen LogP contribution in [0.3, 0.4) is 0 Å². The van der Waals surface area contributed by atoms with Gasteiger partial charge >= 0.3 is 0 Å². The number of aliphatic imine (C=N–C) groups is 1. The van der Waals surface area contributed by atoms with Crippen molar-refractivity contribution in [2.24, 2.45) is 4.99 Å². The van der Waals surface area contributed by atoms with Gasteiger partial charge in [-0.2, -0.15) is 0 Å². The molecule has 3 nitrogen and oxygen atoms in total. The minimum absolute atomic E-state index is 0.645. The number of benzene rings is 1. The molecule has 1 aliphatic rings. The van der Waals surface area contributed by atoms with Gasteiger partial charge in [0, 0.05) is 32.1 Å². The van der Waals surface area contributed by atoms with Gasteiger partial charge in [-0.05, 0) is 25.3 Å². The standard InChI is InChI=1S/C17H27N3/c1-3-5-12-19-17(18-4-2)20-13-11-16(14-20)15-9-7-6-8-10-15/h6-10,16H,3-5,11-14H2,1-2H3,(H,18,19). The first-order valence-corrected chi connectivity index (χ1v) is 7.93. The van der Waals surface area contributed by atoms with E-state index in [1.807, 2.05) is 0 Å². The summed E-state index contributed by atoms with van der Waals surface area (Å²) < 4.78 is 0. The zero-order chi connectivity index (χ0) is 14.2. The molecule has 0 bridgehead atoms. The Bertz CT molecular complexity index is 414. The number of nitrogens with one attached hydrogen (secondary N) is 1. The Hall–Kier alpha value is -1.51. The summed E-state index contributed by atoms with van der Waals surface area (Å²) in [5.41, 5.74) is 1.46. The zero-order valence-corrected chi connectivity index (χ0v) is 12.8. The van der Waals surface area contributed by atoms with Gasteiger partial charge < -0.3 is 10.2 Å². The third-order valence-corrected chi connectivity index (χ3v) is 3.87. The van der Waals surface area contributed by atoms with Crippen LogP contribution in [-0.2, 0) is 0 Å². The Balaban J connectivity index is 1.97. The average molecular weight is 273 g/mol. The molecule has 20 heavy (non-hydrogen) atoms. The fourth-order valence-corrected chi connectivity index (χ4v) is 2.72. The van der Waals surface area contributed by atoms with E-state index in [2.05, 4.69) is 54.4 Å². The lowest BCUT2D eigenvalue weighted by molar-refractivity contribution is 0.485. The van der Waals surface area contributed by atoms with Crippen molar-refractivity contribution in [1.82, 2.24) is 10.2 Å². The Kier molecular flexibility index (Phi) is 5.90. The molecule has 110 valence electrons. The highest BCUT2D eigenvalue weighted by Gasteiger charge is 2.25. The van der Waals surface area contributed by atoms with Crippen molar-refractivity contribution in [1.29, 1.82) is 0 Å². The van der Waals surface area contributed by atoms with Gasteiger partial charge in [-0.1, -0.05) is 43.7 Å². The van der Waals surface area contributed by atoms with Gasteiger partial charge in [-0.3, -0.25) is 4.99 Å². The van der Waals surface area contributed by atoms with Gasteiger partial charge in [-0.15, -0.1) is 0 Å². The summed E-state index contributed by atoms with van der Waals surface area (Å²) >= 11 is 0. The summed E-state index contributed by atoms with van der Waals surface area (Å²) in [6.45, 7) is 8.42. The number of guanidine groups is 1. The molecule has 0 spiro atoms. The summed E-state index contributed by atoms with van der Waals surface area (Å²) in [5.74, 6) is 1.74. The number of unbranched alkanes of at least 4 members (excludes halogenated alkanes) is 1. The van der Waals surface area contributed by atoms with E-state index >= 15 is 0 Å². The Morgan fingerprint density at radius 2 is 2.10 bits per heavy atom. The third-order valence-electron chi connectivity index (χ3n) is 3.87.